The molecule has 0 amide bonds. The Morgan fingerprint density at radius 2 is 1.90 bits per heavy atom. The standard InChI is InChI=1S/C18H35NO2/c1-5-10-19-16(17(3,4)6-2)15-7-11-21-18(14-15)8-12-20-13-9-18/h15-16,19H,5-14H2,1-4H3. The van der Waals surface area contributed by atoms with E-state index in [0.29, 0.717) is 11.5 Å². The van der Waals surface area contributed by atoms with Gasteiger partial charge in [0.2, 0.25) is 0 Å². The molecule has 2 aliphatic heterocycles. The van der Waals surface area contributed by atoms with Gasteiger partial charge in [0.1, 0.15) is 0 Å². The maximum atomic E-state index is 6.23. The van der Waals surface area contributed by atoms with E-state index in [9.17, 15) is 0 Å². The van der Waals surface area contributed by atoms with Crippen LogP contribution in [0.3, 0.4) is 0 Å². The van der Waals surface area contributed by atoms with Gasteiger partial charge < -0.3 is 14.8 Å². The van der Waals surface area contributed by atoms with Gasteiger partial charge in [-0.3, -0.25) is 0 Å². The highest BCUT2D eigenvalue weighted by Gasteiger charge is 2.44. The quantitative estimate of drug-likeness (QED) is 0.809. The van der Waals surface area contributed by atoms with Gasteiger partial charge in [0.05, 0.1) is 5.60 Å². The first-order valence-corrected chi connectivity index (χ1v) is 8.98. The van der Waals surface area contributed by atoms with E-state index in [1.54, 1.807) is 0 Å². The lowest BCUT2D eigenvalue weighted by molar-refractivity contribution is -0.153. The molecule has 2 aliphatic rings. The summed E-state index contributed by atoms with van der Waals surface area (Å²) in [5.74, 6) is 0.735. The molecule has 3 nitrogen and oxygen atoms in total. The molecule has 1 N–H and O–H groups in total. The van der Waals surface area contributed by atoms with Gasteiger partial charge in [-0.05, 0) is 56.4 Å². The van der Waals surface area contributed by atoms with Crippen molar-refractivity contribution < 1.29 is 9.47 Å². The normalized spacial score (nSPS) is 27.7. The lowest BCUT2D eigenvalue weighted by Crippen LogP contribution is -2.53. The lowest BCUT2D eigenvalue weighted by atomic mass is 9.69. The van der Waals surface area contributed by atoms with Crippen LogP contribution in [-0.2, 0) is 9.47 Å². The predicted molar refractivity (Wildman–Crippen MR) is 87.6 cm³/mol. The summed E-state index contributed by atoms with van der Waals surface area (Å²) in [5, 5.41) is 3.87. The summed E-state index contributed by atoms with van der Waals surface area (Å²) in [4.78, 5) is 0. The first-order chi connectivity index (χ1) is 10.0. The number of ether oxygens (including phenoxy) is 2. The van der Waals surface area contributed by atoms with Gasteiger partial charge >= 0.3 is 0 Å². The van der Waals surface area contributed by atoms with E-state index in [2.05, 4.69) is 33.0 Å². The van der Waals surface area contributed by atoms with Gasteiger partial charge in [0.25, 0.3) is 0 Å². The van der Waals surface area contributed by atoms with Crippen LogP contribution in [0.15, 0.2) is 0 Å². The zero-order valence-corrected chi connectivity index (χ0v) is 14.5. The molecule has 0 bridgehead atoms. The Morgan fingerprint density at radius 1 is 1.19 bits per heavy atom. The van der Waals surface area contributed by atoms with Crippen molar-refractivity contribution in [3.05, 3.63) is 0 Å². The van der Waals surface area contributed by atoms with Crippen molar-refractivity contribution >= 4 is 0 Å². The van der Waals surface area contributed by atoms with Crippen molar-refractivity contribution in [2.45, 2.75) is 77.9 Å². The molecule has 0 aromatic carbocycles. The fraction of sp³-hybridized carbons (Fsp3) is 1.00. The summed E-state index contributed by atoms with van der Waals surface area (Å²) >= 11 is 0. The van der Waals surface area contributed by atoms with Crippen LogP contribution in [0.5, 0.6) is 0 Å². The third kappa shape index (κ3) is 4.20. The Balaban J connectivity index is 2.07. The van der Waals surface area contributed by atoms with Crippen LogP contribution in [0.2, 0.25) is 0 Å². The lowest BCUT2D eigenvalue weighted by Gasteiger charge is -2.48. The summed E-state index contributed by atoms with van der Waals surface area (Å²) in [6.45, 7) is 13.2. The van der Waals surface area contributed by atoms with E-state index < -0.39 is 0 Å². The van der Waals surface area contributed by atoms with Crippen LogP contribution in [0, 0.1) is 11.3 Å². The van der Waals surface area contributed by atoms with Crippen LogP contribution in [-0.4, -0.2) is 38.0 Å². The fourth-order valence-electron chi connectivity index (χ4n) is 4.04. The molecule has 0 aliphatic carbocycles. The summed E-state index contributed by atoms with van der Waals surface area (Å²) in [5.41, 5.74) is 0.459. The molecule has 2 unspecified atom stereocenters. The third-order valence-corrected chi connectivity index (χ3v) is 5.77. The molecule has 2 fully saturated rings. The number of rotatable bonds is 6. The molecule has 2 atom stereocenters. The Morgan fingerprint density at radius 3 is 2.52 bits per heavy atom. The van der Waals surface area contributed by atoms with Crippen LogP contribution in [0.4, 0.5) is 0 Å². The molecule has 0 aromatic rings. The Hall–Kier alpha value is -0.120. The van der Waals surface area contributed by atoms with E-state index in [0.717, 1.165) is 45.1 Å². The second-order valence-corrected chi connectivity index (χ2v) is 7.67. The maximum Gasteiger partial charge on any atom is 0.0729 e. The number of hydrogen-bond acceptors (Lipinski definition) is 3. The summed E-state index contributed by atoms with van der Waals surface area (Å²) in [6.07, 6.45) is 7.00. The highest BCUT2D eigenvalue weighted by Crippen LogP contribution is 2.42. The van der Waals surface area contributed by atoms with Gasteiger partial charge in [0.15, 0.2) is 0 Å². The summed E-state index contributed by atoms with van der Waals surface area (Å²) < 4.78 is 11.8. The van der Waals surface area contributed by atoms with Gasteiger partial charge in [-0.2, -0.15) is 0 Å². The minimum absolute atomic E-state index is 0.108. The third-order valence-electron chi connectivity index (χ3n) is 5.77. The maximum absolute atomic E-state index is 6.23. The van der Waals surface area contributed by atoms with Crippen molar-refractivity contribution in [2.75, 3.05) is 26.4 Å². The first kappa shape index (κ1) is 17.2. The average molecular weight is 297 g/mol. The second kappa shape index (κ2) is 7.43. The molecular formula is C18H35NO2. The molecule has 3 heteroatoms. The molecule has 21 heavy (non-hydrogen) atoms. The Labute approximate surface area is 131 Å². The number of nitrogens with one attached hydrogen (secondary N) is 1. The predicted octanol–water partition coefficient (Wildman–Crippen LogP) is 3.77. The van der Waals surface area contributed by atoms with E-state index in [4.69, 9.17) is 9.47 Å². The molecular weight excluding hydrogens is 262 g/mol. The minimum atomic E-state index is 0.108. The summed E-state index contributed by atoms with van der Waals surface area (Å²) in [6, 6.07) is 0.603. The number of hydrogen-bond donors (Lipinski definition) is 1. The van der Waals surface area contributed by atoms with Gasteiger partial charge in [-0.25, -0.2) is 0 Å². The van der Waals surface area contributed by atoms with E-state index in [1.165, 1.54) is 25.7 Å². The van der Waals surface area contributed by atoms with Gasteiger partial charge in [-0.15, -0.1) is 0 Å². The van der Waals surface area contributed by atoms with Crippen molar-refractivity contribution in [1.29, 1.82) is 0 Å². The van der Waals surface area contributed by atoms with Crippen molar-refractivity contribution in [1.82, 2.24) is 5.32 Å². The molecule has 2 saturated heterocycles. The Bertz CT molecular complexity index is 305. The SMILES string of the molecule is CCCNC(C1CCOC2(CCOCC2)C1)C(C)(C)CC. The molecule has 0 radical (unpaired) electrons. The van der Waals surface area contributed by atoms with Crippen LogP contribution < -0.4 is 5.32 Å². The van der Waals surface area contributed by atoms with E-state index >= 15 is 0 Å². The molecule has 0 aromatic heterocycles. The highest BCUT2D eigenvalue weighted by molar-refractivity contribution is 4.96. The zero-order valence-electron chi connectivity index (χ0n) is 14.5. The van der Waals surface area contributed by atoms with Gasteiger partial charge in [-0.1, -0.05) is 27.7 Å². The monoisotopic (exact) mass is 297 g/mol. The van der Waals surface area contributed by atoms with E-state index in [1.807, 2.05) is 0 Å². The van der Waals surface area contributed by atoms with E-state index in [-0.39, 0.29) is 5.60 Å². The van der Waals surface area contributed by atoms with Crippen molar-refractivity contribution in [3.63, 3.8) is 0 Å². The second-order valence-electron chi connectivity index (χ2n) is 7.67. The molecule has 1 spiro atoms. The molecule has 124 valence electrons. The van der Waals surface area contributed by atoms with Crippen LogP contribution in [0.1, 0.15) is 66.2 Å². The minimum Gasteiger partial charge on any atom is -0.381 e. The Kier molecular flexibility index (Phi) is 6.10. The van der Waals surface area contributed by atoms with Crippen molar-refractivity contribution in [2.24, 2.45) is 11.3 Å². The summed E-state index contributed by atoms with van der Waals surface area (Å²) in [7, 11) is 0. The average Bonchev–Trinajstić information content (AvgIpc) is 2.48. The van der Waals surface area contributed by atoms with Gasteiger partial charge in [0, 0.05) is 25.9 Å². The highest BCUT2D eigenvalue weighted by atomic mass is 16.5. The molecule has 2 rings (SSSR count). The fourth-order valence-corrected chi connectivity index (χ4v) is 4.04. The topological polar surface area (TPSA) is 30.5 Å². The molecule has 2 heterocycles. The first-order valence-electron chi connectivity index (χ1n) is 8.98. The molecule has 0 saturated carbocycles. The van der Waals surface area contributed by atoms with Crippen LogP contribution in [0.25, 0.3) is 0 Å². The van der Waals surface area contributed by atoms with Crippen LogP contribution >= 0.6 is 0 Å². The smallest absolute Gasteiger partial charge is 0.0729 e. The zero-order chi connectivity index (χ0) is 15.3. The van der Waals surface area contributed by atoms with Crippen molar-refractivity contribution in [3.8, 4) is 0 Å². The largest absolute Gasteiger partial charge is 0.381 e.